The number of aromatic amines is 1. The molecule has 4 aromatic rings. The van der Waals surface area contributed by atoms with E-state index in [4.69, 9.17) is 14.7 Å². The van der Waals surface area contributed by atoms with E-state index < -0.39 is 0 Å². The van der Waals surface area contributed by atoms with Gasteiger partial charge in [-0.25, -0.2) is 9.97 Å². The molecule has 1 N–H and O–H groups in total. The number of pyridine rings is 1. The molecule has 0 saturated carbocycles. The number of para-hydroxylation sites is 3. The fraction of sp³-hybridized carbons (Fsp3) is 0.273. The molecule has 1 aliphatic rings. The number of imidazole rings is 1. The van der Waals surface area contributed by atoms with E-state index in [1.54, 1.807) is 7.11 Å². The summed E-state index contributed by atoms with van der Waals surface area (Å²) in [6.07, 6.45) is 2.28. The summed E-state index contributed by atoms with van der Waals surface area (Å²) in [6, 6.07) is 18.5. The summed E-state index contributed by atoms with van der Waals surface area (Å²) >= 11 is 0. The average Bonchev–Trinajstić information content (AvgIpc) is 3.17. The summed E-state index contributed by atoms with van der Waals surface area (Å²) < 4.78 is 5.50. The molecular formula is C22H22N4O. The maximum absolute atomic E-state index is 5.50. The van der Waals surface area contributed by atoms with Gasteiger partial charge < -0.3 is 14.6 Å². The molecule has 2 aromatic heterocycles. The first kappa shape index (κ1) is 16.1. The van der Waals surface area contributed by atoms with Crippen molar-refractivity contribution in [3.8, 4) is 5.75 Å². The van der Waals surface area contributed by atoms with Crippen LogP contribution in [0.25, 0.3) is 21.9 Å². The van der Waals surface area contributed by atoms with Crippen molar-refractivity contribution in [3.63, 3.8) is 0 Å². The Morgan fingerprint density at radius 2 is 1.96 bits per heavy atom. The van der Waals surface area contributed by atoms with Crippen molar-refractivity contribution in [1.29, 1.82) is 0 Å². The molecule has 5 heteroatoms. The summed E-state index contributed by atoms with van der Waals surface area (Å²) in [5.41, 5.74) is 3.07. The van der Waals surface area contributed by atoms with Gasteiger partial charge in [-0.05, 0) is 43.2 Å². The number of rotatable bonds is 3. The van der Waals surface area contributed by atoms with Crippen LogP contribution in [0.15, 0.2) is 54.6 Å². The van der Waals surface area contributed by atoms with Crippen molar-refractivity contribution in [1.82, 2.24) is 15.0 Å². The zero-order valence-electron chi connectivity index (χ0n) is 15.4. The molecule has 5 rings (SSSR count). The third kappa shape index (κ3) is 2.89. The van der Waals surface area contributed by atoms with E-state index >= 15 is 0 Å². The highest BCUT2D eigenvalue weighted by atomic mass is 16.5. The van der Waals surface area contributed by atoms with Gasteiger partial charge in [-0.2, -0.15) is 0 Å². The lowest BCUT2D eigenvalue weighted by Gasteiger charge is -2.32. The standard InChI is InChI=1S/C22H22N4O/c1-27-19-10-4-6-15-11-12-20(25-21(15)19)26-13-5-7-16(14-26)22-23-17-8-2-3-9-18(17)24-22/h2-4,6,8-12,16H,5,7,13-14H2,1H3,(H,23,24). The number of hydrogen-bond acceptors (Lipinski definition) is 4. The topological polar surface area (TPSA) is 54.0 Å². The summed E-state index contributed by atoms with van der Waals surface area (Å²) in [7, 11) is 1.70. The average molecular weight is 358 g/mol. The Morgan fingerprint density at radius 3 is 2.85 bits per heavy atom. The van der Waals surface area contributed by atoms with Crippen molar-refractivity contribution < 1.29 is 4.74 Å². The van der Waals surface area contributed by atoms with Crippen molar-refractivity contribution in [3.05, 3.63) is 60.4 Å². The van der Waals surface area contributed by atoms with E-state index in [0.29, 0.717) is 5.92 Å². The maximum Gasteiger partial charge on any atom is 0.145 e. The van der Waals surface area contributed by atoms with Gasteiger partial charge in [0, 0.05) is 24.4 Å². The van der Waals surface area contributed by atoms with Crippen LogP contribution in [0.5, 0.6) is 5.75 Å². The van der Waals surface area contributed by atoms with Crippen LogP contribution < -0.4 is 9.64 Å². The minimum Gasteiger partial charge on any atom is -0.494 e. The first-order valence-corrected chi connectivity index (χ1v) is 9.45. The van der Waals surface area contributed by atoms with Gasteiger partial charge in [0.05, 0.1) is 18.1 Å². The van der Waals surface area contributed by atoms with Gasteiger partial charge in [0.25, 0.3) is 0 Å². The second kappa shape index (κ2) is 6.58. The molecule has 1 unspecified atom stereocenters. The SMILES string of the molecule is COc1cccc2ccc(N3CCCC(c4nc5ccccc5[nH]4)C3)nc12. The van der Waals surface area contributed by atoms with Gasteiger partial charge in [-0.15, -0.1) is 0 Å². The number of benzene rings is 2. The summed E-state index contributed by atoms with van der Waals surface area (Å²) in [4.78, 5) is 15.6. The van der Waals surface area contributed by atoms with Crippen LogP contribution in [0.3, 0.4) is 0 Å². The van der Waals surface area contributed by atoms with Crippen LogP contribution in [0.2, 0.25) is 0 Å². The Balaban J connectivity index is 1.46. The third-order valence-electron chi connectivity index (χ3n) is 5.43. The van der Waals surface area contributed by atoms with Gasteiger partial charge in [0.15, 0.2) is 0 Å². The summed E-state index contributed by atoms with van der Waals surface area (Å²) in [5, 5.41) is 1.10. The van der Waals surface area contributed by atoms with Crippen molar-refractivity contribution >= 4 is 27.8 Å². The normalized spacial score (nSPS) is 17.5. The number of hydrogen-bond donors (Lipinski definition) is 1. The van der Waals surface area contributed by atoms with Gasteiger partial charge in [-0.3, -0.25) is 0 Å². The molecule has 0 amide bonds. The van der Waals surface area contributed by atoms with Crippen molar-refractivity contribution in [2.45, 2.75) is 18.8 Å². The molecule has 0 radical (unpaired) electrons. The molecule has 0 bridgehead atoms. The first-order valence-electron chi connectivity index (χ1n) is 9.45. The van der Waals surface area contributed by atoms with Crippen LogP contribution in [0.4, 0.5) is 5.82 Å². The molecule has 1 aliphatic heterocycles. The Morgan fingerprint density at radius 1 is 1.04 bits per heavy atom. The number of nitrogens with one attached hydrogen (secondary N) is 1. The Bertz CT molecular complexity index is 1070. The number of nitrogens with zero attached hydrogens (tertiary/aromatic N) is 3. The van der Waals surface area contributed by atoms with Gasteiger partial charge in [0.1, 0.15) is 22.9 Å². The second-order valence-corrected chi connectivity index (χ2v) is 7.13. The molecule has 5 nitrogen and oxygen atoms in total. The molecule has 0 aliphatic carbocycles. The minimum atomic E-state index is 0.390. The predicted molar refractivity (Wildman–Crippen MR) is 109 cm³/mol. The van der Waals surface area contributed by atoms with Crippen LogP contribution in [-0.2, 0) is 0 Å². The first-order chi connectivity index (χ1) is 13.3. The highest BCUT2D eigenvalue weighted by molar-refractivity contribution is 5.86. The van der Waals surface area contributed by atoms with Crippen LogP contribution in [0.1, 0.15) is 24.6 Å². The van der Waals surface area contributed by atoms with E-state index in [-0.39, 0.29) is 0 Å². The molecule has 0 spiro atoms. The van der Waals surface area contributed by atoms with E-state index in [1.165, 1.54) is 0 Å². The molecule has 3 heterocycles. The molecule has 1 saturated heterocycles. The lowest BCUT2D eigenvalue weighted by molar-refractivity contribution is 0.419. The van der Waals surface area contributed by atoms with Crippen LogP contribution in [0, 0.1) is 0 Å². The Labute approximate surface area is 158 Å². The lowest BCUT2D eigenvalue weighted by atomic mass is 9.97. The van der Waals surface area contributed by atoms with Gasteiger partial charge in [-0.1, -0.05) is 24.3 Å². The van der Waals surface area contributed by atoms with Gasteiger partial charge in [0.2, 0.25) is 0 Å². The number of ether oxygens (including phenoxy) is 1. The summed E-state index contributed by atoms with van der Waals surface area (Å²) in [6.45, 7) is 1.94. The zero-order valence-corrected chi connectivity index (χ0v) is 15.4. The number of fused-ring (bicyclic) bond motifs is 2. The molecule has 1 atom stereocenters. The molecule has 136 valence electrons. The number of piperidine rings is 1. The monoisotopic (exact) mass is 358 g/mol. The smallest absolute Gasteiger partial charge is 0.145 e. The minimum absolute atomic E-state index is 0.390. The maximum atomic E-state index is 5.50. The third-order valence-corrected chi connectivity index (χ3v) is 5.43. The van der Waals surface area contributed by atoms with Crippen LogP contribution in [-0.4, -0.2) is 35.2 Å². The van der Waals surface area contributed by atoms with E-state index in [1.807, 2.05) is 24.3 Å². The highest BCUT2D eigenvalue weighted by Crippen LogP contribution is 2.31. The Hall–Kier alpha value is -3.08. The lowest BCUT2D eigenvalue weighted by Crippen LogP contribution is -2.35. The van der Waals surface area contributed by atoms with Crippen molar-refractivity contribution in [2.75, 3.05) is 25.1 Å². The number of methoxy groups -OCH3 is 1. The fourth-order valence-electron chi connectivity index (χ4n) is 4.02. The predicted octanol–water partition coefficient (Wildman–Crippen LogP) is 4.50. The molecular weight excluding hydrogens is 336 g/mol. The van der Waals surface area contributed by atoms with Gasteiger partial charge >= 0.3 is 0 Å². The quantitative estimate of drug-likeness (QED) is 0.586. The fourth-order valence-corrected chi connectivity index (χ4v) is 4.02. The second-order valence-electron chi connectivity index (χ2n) is 7.13. The largest absolute Gasteiger partial charge is 0.494 e. The van der Waals surface area contributed by atoms with E-state index in [0.717, 1.165) is 65.3 Å². The molecule has 1 fully saturated rings. The molecule has 2 aromatic carbocycles. The highest BCUT2D eigenvalue weighted by Gasteiger charge is 2.25. The molecule has 27 heavy (non-hydrogen) atoms. The number of anilines is 1. The summed E-state index contributed by atoms with van der Waals surface area (Å²) in [5.74, 6) is 3.30. The van der Waals surface area contributed by atoms with Crippen molar-refractivity contribution in [2.24, 2.45) is 0 Å². The van der Waals surface area contributed by atoms with E-state index in [2.05, 4.69) is 40.2 Å². The van der Waals surface area contributed by atoms with Crippen LogP contribution >= 0.6 is 0 Å². The number of H-pyrrole nitrogens is 1. The Kier molecular flexibility index (Phi) is 3.93. The van der Waals surface area contributed by atoms with E-state index in [9.17, 15) is 0 Å². The number of aromatic nitrogens is 3. The zero-order chi connectivity index (χ0) is 18.2.